The zero-order valence-corrected chi connectivity index (χ0v) is 24.9. The van der Waals surface area contributed by atoms with E-state index in [0.717, 1.165) is 58.5 Å². The summed E-state index contributed by atoms with van der Waals surface area (Å²) in [5, 5.41) is 11.7. The molecule has 2 saturated heterocycles. The van der Waals surface area contributed by atoms with Crippen LogP contribution in [0.15, 0.2) is 43.0 Å². The maximum atomic E-state index is 9.87. The van der Waals surface area contributed by atoms with Gasteiger partial charge in [-0.25, -0.2) is 19.9 Å². The van der Waals surface area contributed by atoms with Crippen molar-refractivity contribution in [1.29, 1.82) is 0 Å². The van der Waals surface area contributed by atoms with E-state index < -0.39 is 5.60 Å². The van der Waals surface area contributed by atoms with E-state index in [0.29, 0.717) is 56.8 Å². The maximum Gasteiger partial charge on any atom is 0.155 e. The molecule has 6 heterocycles. The van der Waals surface area contributed by atoms with E-state index in [9.17, 15) is 5.11 Å². The number of hydrogen-bond acceptors (Lipinski definition) is 10. The largest absolute Gasteiger partial charge is 0.492 e. The minimum absolute atomic E-state index is 0.339. The van der Waals surface area contributed by atoms with Crippen molar-refractivity contribution in [2.24, 2.45) is 5.92 Å². The molecule has 10 heteroatoms. The second-order valence-electron chi connectivity index (χ2n) is 12.1. The first-order chi connectivity index (χ1) is 20.3. The standard InChI is InChI=1S/C32H40N6O4/c1-5-6-10-40-24-12-22-7-9-33-30(28(22)34-14-24)38-19-32(4,20-38)42-27-16-36-31(37-17-23(39)18-37)29-26(27)13-25(15-35-29)41-11-8-21(2)3/h7,9,12-16,21,23,39H,5-6,8,10-11,17-20H2,1-4H3. The van der Waals surface area contributed by atoms with E-state index in [1.165, 1.54) is 0 Å². The predicted molar refractivity (Wildman–Crippen MR) is 164 cm³/mol. The van der Waals surface area contributed by atoms with Gasteiger partial charge in [0, 0.05) is 24.7 Å². The van der Waals surface area contributed by atoms with E-state index in [1.54, 1.807) is 18.6 Å². The van der Waals surface area contributed by atoms with Gasteiger partial charge in [0.25, 0.3) is 0 Å². The molecule has 0 atom stereocenters. The molecule has 6 rings (SSSR count). The van der Waals surface area contributed by atoms with Crippen LogP contribution in [0.2, 0.25) is 0 Å². The van der Waals surface area contributed by atoms with E-state index in [1.807, 2.05) is 29.3 Å². The molecule has 4 aromatic rings. The highest BCUT2D eigenvalue weighted by atomic mass is 16.5. The first kappa shape index (κ1) is 28.2. The molecule has 42 heavy (non-hydrogen) atoms. The lowest BCUT2D eigenvalue weighted by atomic mass is 9.95. The molecule has 0 spiro atoms. The molecule has 0 bridgehead atoms. The molecular formula is C32H40N6O4. The number of aliphatic hydroxyl groups is 1. The average Bonchev–Trinajstić information content (AvgIpc) is 2.94. The number of anilines is 2. The molecule has 0 amide bonds. The van der Waals surface area contributed by atoms with Crippen molar-refractivity contribution in [2.45, 2.75) is 58.7 Å². The smallest absolute Gasteiger partial charge is 0.155 e. The van der Waals surface area contributed by atoms with E-state index in [-0.39, 0.29) is 6.10 Å². The molecule has 4 aromatic heterocycles. The van der Waals surface area contributed by atoms with E-state index >= 15 is 0 Å². The molecule has 0 aromatic carbocycles. The summed E-state index contributed by atoms with van der Waals surface area (Å²) in [6.45, 7) is 12.3. The molecule has 222 valence electrons. The van der Waals surface area contributed by atoms with Crippen LogP contribution in [0, 0.1) is 5.92 Å². The Labute approximate surface area is 246 Å². The Morgan fingerprint density at radius 2 is 1.64 bits per heavy atom. The SMILES string of the molecule is CCCCOc1cnc2c(N3CC(C)(Oc4cnc(N5CC(O)C5)c5ncc(OCCC(C)C)cc45)C3)nccc2c1. The third kappa shape index (κ3) is 5.86. The molecule has 1 N–H and O–H groups in total. The average molecular weight is 573 g/mol. The van der Waals surface area contributed by atoms with Crippen molar-refractivity contribution in [3.8, 4) is 17.2 Å². The van der Waals surface area contributed by atoms with Gasteiger partial charge < -0.3 is 29.1 Å². The summed E-state index contributed by atoms with van der Waals surface area (Å²) in [6, 6.07) is 6.00. The summed E-state index contributed by atoms with van der Waals surface area (Å²) in [6.07, 6.45) is 9.86. The van der Waals surface area contributed by atoms with E-state index in [2.05, 4.69) is 37.6 Å². The van der Waals surface area contributed by atoms with Crippen LogP contribution in [0.4, 0.5) is 11.6 Å². The van der Waals surface area contributed by atoms with Crippen molar-refractivity contribution in [2.75, 3.05) is 49.2 Å². The Morgan fingerprint density at radius 3 is 2.38 bits per heavy atom. The number of unbranched alkanes of at least 4 members (excludes halogenated alkanes) is 1. The third-order valence-electron chi connectivity index (χ3n) is 7.80. The van der Waals surface area contributed by atoms with Gasteiger partial charge in [0.1, 0.15) is 33.9 Å². The highest BCUT2D eigenvalue weighted by molar-refractivity contribution is 5.94. The summed E-state index contributed by atoms with van der Waals surface area (Å²) >= 11 is 0. The van der Waals surface area contributed by atoms with Crippen LogP contribution in [-0.2, 0) is 0 Å². The summed E-state index contributed by atoms with van der Waals surface area (Å²) < 4.78 is 18.6. The second kappa shape index (κ2) is 11.8. The highest BCUT2D eigenvalue weighted by Crippen LogP contribution is 2.39. The quantitative estimate of drug-likeness (QED) is 0.233. The van der Waals surface area contributed by atoms with Crippen molar-refractivity contribution >= 4 is 33.4 Å². The van der Waals surface area contributed by atoms with Crippen molar-refractivity contribution < 1.29 is 19.3 Å². The monoisotopic (exact) mass is 572 g/mol. The minimum atomic E-state index is -0.454. The van der Waals surface area contributed by atoms with Gasteiger partial charge in [0.2, 0.25) is 0 Å². The topological polar surface area (TPSA) is 106 Å². The lowest BCUT2D eigenvalue weighted by Crippen LogP contribution is -2.63. The maximum absolute atomic E-state index is 9.87. The van der Waals surface area contributed by atoms with Crippen LogP contribution in [0.25, 0.3) is 21.8 Å². The molecule has 2 fully saturated rings. The lowest BCUT2D eigenvalue weighted by Gasteiger charge is -2.48. The van der Waals surface area contributed by atoms with Gasteiger partial charge >= 0.3 is 0 Å². The number of ether oxygens (including phenoxy) is 3. The minimum Gasteiger partial charge on any atom is -0.492 e. The van der Waals surface area contributed by atoms with Crippen molar-refractivity contribution in [3.63, 3.8) is 0 Å². The second-order valence-corrected chi connectivity index (χ2v) is 12.1. The Kier molecular flexibility index (Phi) is 7.90. The van der Waals surface area contributed by atoms with Crippen LogP contribution in [-0.4, -0.2) is 76.1 Å². The number of aliphatic hydroxyl groups excluding tert-OH is 1. The molecule has 0 unspecified atom stereocenters. The van der Waals surface area contributed by atoms with Gasteiger partial charge in [-0.1, -0.05) is 27.2 Å². The van der Waals surface area contributed by atoms with Crippen molar-refractivity contribution in [3.05, 3.63) is 43.0 Å². The first-order valence-electron chi connectivity index (χ1n) is 15.0. The van der Waals surface area contributed by atoms with Gasteiger partial charge in [-0.2, -0.15) is 0 Å². The van der Waals surface area contributed by atoms with Crippen LogP contribution in [0.5, 0.6) is 17.2 Å². The van der Waals surface area contributed by atoms with Gasteiger partial charge in [-0.15, -0.1) is 0 Å². The zero-order chi connectivity index (χ0) is 29.3. The Balaban J connectivity index is 1.21. The van der Waals surface area contributed by atoms with Crippen LogP contribution in [0.1, 0.15) is 47.0 Å². The fourth-order valence-electron chi connectivity index (χ4n) is 5.40. The van der Waals surface area contributed by atoms with Crippen molar-refractivity contribution in [1.82, 2.24) is 19.9 Å². The van der Waals surface area contributed by atoms with E-state index in [4.69, 9.17) is 29.2 Å². The van der Waals surface area contributed by atoms with Gasteiger partial charge in [-0.3, -0.25) is 0 Å². The molecule has 0 radical (unpaired) electrons. The fourth-order valence-corrected chi connectivity index (χ4v) is 5.40. The van der Waals surface area contributed by atoms with Crippen LogP contribution >= 0.6 is 0 Å². The fraction of sp³-hybridized carbons (Fsp3) is 0.500. The van der Waals surface area contributed by atoms with Gasteiger partial charge in [-0.05, 0) is 43.9 Å². The van der Waals surface area contributed by atoms with Crippen LogP contribution < -0.4 is 24.0 Å². The van der Waals surface area contributed by atoms with Gasteiger partial charge in [0.15, 0.2) is 11.6 Å². The Bertz CT molecular complexity index is 1550. The highest BCUT2D eigenvalue weighted by Gasteiger charge is 2.43. The predicted octanol–water partition coefficient (Wildman–Crippen LogP) is 5.02. The zero-order valence-electron chi connectivity index (χ0n) is 24.9. The number of rotatable bonds is 12. The summed E-state index contributed by atoms with van der Waals surface area (Å²) in [5.41, 5.74) is 1.14. The molecule has 0 aliphatic carbocycles. The molecule has 2 aliphatic heterocycles. The van der Waals surface area contributed by atoms with Gasteiger partial charge in [0.05, 0.1) is 56.4 Å². The molecular weight excluding hydrogens is 532 g/mol. The van der Waals surface area contributed by atoms with Crippen LogP contribution in [0.3, 0.4) is 0 Å². The summed E-state index contributed by atoms with van der Waals surface area (Å²) in [5.74, 6) is 4.29. The lowest BCUT2D eigenvalue weighted by molar-refractivity contribution is 0.0589. The first-order valence-corrected chi connectivity index (χ1v) is 15.0. The summed E-state index contributed by atoms with van der Waals surface area (Å²) in [4.78, 5) is 23.0. The number of fused-ring (bicyclic) bond motifs is 2. The third-order valence-corrected chi connectivity index (χ3v) is 7.80. The Hall–Kier alpha value is -3.92. The molecule has 2 aliphatic rings. The number of hydrogen-bond donors (Lipinski definition) is 1. The number of pyridine rings is 4. The molecule has 0 saturated carbocycles. The summed E-state index contributed by atoms with van der Waals surface area (Å²) in [7, 11) is 0. The molecule has 10 nitrogen and oxygen atoms in total. The number of β-amino-alcohol motifs (C(OH)–C–C–N with tert-alkyl or cyclic N) is 1. The number of nitrogens with zero attached hydrogens (tertiary/aromatic N) is 6. The Morgan fingerprint density at radius 1 is 0.929 bits per heavy atom. The normalized spacial score (nSPS) is 16.5. The number of aromatic nitrogens is 4.